The van der Waals surface area contributed by atoms with Gasteiger partial charge < -0.3 is 0 Å². The summed E-state index contributed by atoms with van der Waals surface area (Å²) in [7, 11) is 0. The molecular formula is C98H71N7. The molecule has 105 heavy (non-hydrogen) atoms. The van der Waals surface area contributed by atoms with E-state index < -0.39 is 0 Å². The van der Waals surface area contributed by atoms with Crippen LogP contribution in [-0.2, 0) is 5.41 Å². The van der Waals surface area contributed by atoms with Crippen LogP contribution < -0.4 is 0 Å². The molecule has 7 heteroatoms. The van der Waals surface area contributed by atoms with E-state index in [9.17, 15) is 0 Å². The molecule has 0 radical (unpaired) electrons. The average molecular weight is 1350 g/mol. The van der Waals surface area contributed by atoms with Crippen molar-refractivity contribution in [3.63, 3.8) is 0 Å². The van der Waals surface area contributed by atoms with Gasteiger partial charge in [-0.05, 0) is 117 Å². The van der Waals surface area contributed by atoms with Gasteiger partial charge in [-0.3, -0.25) is 4.98 Å². The highest BCUT2D eigenvalue weighted by atomic mass is 14.9. The lowest BCUT2D eigenvalue weighted by atomic mass is 9.91. The van der Waals surface area contributed by atoms with Crippen molar-refractivity contribution in [1.82, 2.24) is 34.9 Å². The van der Waals surface area contributed by atoms with Crippen LogP contribution in [0, 0.1) is 6.92 Å². The van der Waals surface area contributed by atoms with Crippen molar-refractivity contribution in [3.8, 4) is 135 Å². The molecule has 6 heterocycles. The monoisotopic (exact) mass is 1350 g/mol. The first-order chi connectivity index (χ1) is 51.5. The second-order valence-electron chi connectivity index (χ2n) is 27.7. The molecule has 18 aromatic rings. The predicted octanol–water partition coefficient (Wildman–Crippen LogP) is 25.4. The zero-order chi connectivity index (χ0) is 70.8. The lowest BCUT2D eigenvalue weighted by Crippen LogP contribution is -2.13. The van der Waals surface area contributed by atoms with E-state index in [-0.39, 0.29) is 5.41 Å². The van der Waals surface area contributed by atoms with Crippen molar-refractivity contribution in [1.29, 1.82) is 0 Å². The third kappa shape index (κ3) is 13.6. The Morgan fingerprint density at radius 3 is 1.00 bits per heavy atom. The van der Waals surface area contributed by atoms with E-state index in [0.717, 1.165) is 178 Å². The number of hydrogen-bond acceptors (Lipinski definition) is 7. The van der Waals surface area contributed by atoms with Crippen molar-refractivity contribution < 1.29 is 0 Å². The van der Waals surface area contributed by atoms with Crippen molar-refractivity contribution in [2.45, 2.75) is 33.1 Å². The molecule has 0 unspecified atom stereocenters. The molecular weight excluding hydrogens is 1280 g/mol. The smallest absolute Gasteiger partial charge is 0.160 e. The molecule has 0 N–H and O–H groups in total. The molecule has 0 fully saturated rings. The van der Waals surface area contributed by atoms with Crippen LogP contribution in [0.4, 0.5) is 0 Å². The maximum Gasteiger partial charge on any atom is 0.160 e. The average Bonchev–Trinajstić information content (AvgIpc) is 0.758. The maximum atomic E-state index is 5.33. The number of aromatic nitrogens is 7. The van der Waals surface area contributed by atoms with Crippen molar-refractivity contribution in [3.05, 3.63) is 369 Å². The molecule has 0 bridgehead atoms. The molecule has 6 aromatic heterocycles. The number of fused-ring (bicyclic) bond motifs is 6. The minimum atomic E-state index is -0.0782. The summed E-state index contributed by atoms with van der Waals surface area (Å²) in [6.45, 7) is 8.64. The summed E-state index contributed by atoms with van der Waals surface area (Å²) in [6.07, 6.45) is 0. The first-order valence-corrected chi connectivity index (χ1v) is 35.7. The standard InChI is InChI=1S/C50H38N4.C48H33N3/c1-50(2,3)46-29-27-37-26-28-41-42(34-14-7-4-8-15-34)31-43(51-48(41)47(37)54-46)36-24-22-33(23-25-36)39-20-13-21-40(30-39)45-32-44(35-16-9-5-10-17-35)52-49(53-45)38-18-11-6-12-19-38;1-32-20-21-38-26-27-42-43(35-14-7-3-8-15-35)31-46(51-48(42)47(38)49-32)37-24-22-34(23-25-37)39-18-11-19-40(28-39)45-30-41(33-12-5-2-6-13-33)29-44(50-45)36-16-9-4-10-17-36/h4-32H,1-3H3;2-31H,1H3. The highest BCUT2D eigenvalue weighted by Crippen LogP contribution is 2.41. The minimum Gasteiger partial charge on any atom is -0.251 e. The van der Waals surface area contributed by atoms with Gasteiger partial charge in [0.2, 0.25) is 0 Å². The second-order valence-corrected chi connectivity index (χ2v) is 27.7. The summed E-state index contributed by atoms with van der Waals surface area (Å²) in [5.41, 5.74) is 29.9. The Bertz CT molecular complexity index is 6090. The van der Waals surface area contributed by atoms with Gasteiger partial charge in [0.1, 0.15) is 0 Å². The number of benzene rings is 12. The zero-order valence-corrected chi connectivity index (χ0v) is 58.7. The van der Waals surface area contributed by atoms with Gasteiger partial charge >= 0.3 is 0 Å². The fourth-order valence-corrected chi connectivity index (χ4v) is 14.0. The fourth-order valence-electron chi connectivity index (χ4n) is 14.0. The summed E-state index contributed by atoms with van der Waals surface area (Å²) in [4.78, 5) is 35.9. The lowest BCUT2D eigenvalue weighted by Gasteiger charge is -2.19. The molecule has 0 saturated heterocycles. The molecule has 0 atom stereocenters. The van der Waals surface area contributed by atoms with Gasteiger partial charge in [0, 0.05) is 77.3 Å². The normalized spacial score (nSPS) is 11.4. The third-order valence-corrected chi connectivity index (χ3v) is 19.5. The Morgan fingerprint density at radius 1 is 0.200 bits per heavy atom. The van der Waals surface area contributed by atoms with Gasteiger partial charge in [0.15, 0.2) is 5.82 Å². The number of aryl methyl sites for hydroxylation is 1. The van der Waals surface area contributed by atoms with Crippen LogP contribution in [0.1, 0.15) is 32.2 Å². The molecule has 0 saturated carbocycles. The van der Waals surface area contributed by atoms with Crippen LogP contribution in [0.25, 0.3) is 178 Å². The van der Waals surface area contributed by atoms with Gasteiger partial charge in [-0.2, -0.15) is 0 Å². The van der Waals surface area contributed by atoms with Crippen LogP contribution in [-0.4, -0.2) is 34.9 Å². The number of hydrogen-bond donors (Lipinski definition) is 0. The van der Waals surface area contributed by atoms with Gasteiger partial charge in [0.25, 0.3) is 0 Å². The molecule has 0 aliphatic heterocycles. The van der Waals surface area contributed by atoms with Crippen LogP contribution in [0.15, 0.2) is 358 Å². The van der Waals surface area contributed by atoms with E-state index in [2.05, 4.69) is 336 Å². The Hall–Kier alpha value is -13.5. The van der Waals surface area contributed by atoms with E-state index >= 15 is 0 Å². The maximum absolute atomic E-state index is 5.33. The summed E-state index contributed by atoms with van der Waals surface area (Å²) >= 11 is 0. The number of pyridine rings is 5. The molecule has 0 amide bonds. The molecule has 0 aliphatic carbocycles. The van der Waals surface area contributed by atoms with Crippen molar-refractivity contribution >= 4 is 43.6 Å². The van der Waals surface area contributed by atoms with E-state index in [1.54, 1.807) is 0 Å². The summed E-state index contributed by atoms with van der Waals surface area (Å²) in [5.74, 6) is 0.706. The second kappa shape index (κ2) is 28.1. The zero-order valence-electron chi connectivity index (χ0n) is 58.7. The largest absolute Gasteiger partial charge is 0.251 e. The Morgan fingerprint density at radius 2 is 0.533 bits per heavy atom. The number of nitrogens with zero attached hydrogens (tertiary/aromatic N) is 7. The molecule has 12 aromatic carbocycles. The Labute approximate surface area is 611 Å². The van der Waals surface area contributed by atoms with Crippen molar-refractivity contribution in [2.24, 2.45) is 0 Å². The predicted molar refractivity (Wildman–Crippen MR) is 436 cm³/mol. The quantitative estimate of drug-likeness (QED) is 0.113. The molecule has 7 nitrogen and oxygen atoms in total. The topological polar surface area (TPSA) is 90.2 Å². The van der Waals surface area contributed by atoms with E-state index in [1.165, 1.54) is 5.56 Å². The van der Waals surface area contributed by atoms with E-state index in [4.69, 9.17) is 34.9 Å². The minimum absolute atomic E-state index is 0.0782. The van der Waals surface area contributed by atoms with Crippen LogP contribution in [0.3, 0.4) is 0 Å². The highest BCUT2D eigenvalue weighted by molar-refractivity contribution is 6.11. The first kappa shape index (κ1) is 64.9. The van der Waals surface area contributed by atoms with Crippen LogP contribution >= 0.6 is 0 Å². The van der Waals surface area contributed by atoms with Gasteiger partial charge in [-0.15, -0.1) is 0 Å². The van der Waals surface area contributed by atoms with E-state index in [0.29, 0.717) is 5.82 Å². The van der Waals surface area contributed by atoms with Gasteiger partial charge in [0.05, 0.1) is 56.2 Å². The fraction of sp³-hybridized carbons (Fsp3) is 0.0510. The lowest BCUT2D eigenvalue weighted by molar-refractivity contribution is 0.571. The summed E-state index contributed by atoms with van der Waals surface area (Å²) in [6, 6.07) is 125. The van der Waals surface area contributed by atoms with Gasteiger partial charge in [-0.25, -0.2) is 29.9 Å². The Balaban J connectivity index is 0.000000155. The van der Waals surface area contributed by atoms with Crippen LogP contribution in [0.5, 0.6) is 0 Å². The summed E-state index contributed by atoms with van der Waals surface area (Å²) in [5, 5.41) is 4.38. The van der Waals surface area contributed by atoms with Gasteiger partial charge in [-0.1, -0.05) is 324 Å². The summed E-state index contributed by atoms with van der Waals surface area (Å²) < 4.78 is 0. The highest BCUT2D eigenvalue weighted by Gasteiger charge is 2.21. The van der Waals surface area contributed by atoms with Crippen LogP contribution in [0.2, 0.25) is 0 Å². The third-order valence-electron chi connectivity index (χ3n) is 19.5. The van der Waals surface area contributed by atoms with E-state index in [1.807, 2.05) is 49.4 Å². The molecule has 18 rings (SSSR count). The molecule has 0 spiro atoms. The number of rotatable bonds is 12. The SMILES string of the molecule is CC(C)(C)c1ccc2ccc3c(-c4ccccc4)cc(-c4ccc(-c5cccc(-c6cc(-c7ccccc7)nc(-c7ccccc7)n6)c5)cc4)nc3c2n1.Cc1ccc2ccc3c(-c4ccccc4)cc(-c4ccc(-c5cccc(-c6cc(-c7ccccc7)cc(-c7ccccc7)n6)c5)cc4)nc3c2n1. The molecule has 0 aliphatic rings. The van der Waals surface area contributed by atoms with Crippen molar-refractivity contribution in [2.75, 3.05) is 0 Å². The Kier molecular flexibility index (Phi) is 17.4. The molecule has 498 valence electrons. The first-order valence-electron chi connectivity index (χ1n) is 35.7.